The molecule has 0 saturated heterocycles. The van der Waals surface area contributed by atoms with Gasteiger partial charge in [0.25, 0.3) is 6.47 Å². The first-order valence-corrected chi connectivity index (χ1v) is 45.2. The second-order valence-electron chi connectivity index (χ2n) is 27.5. The Labute approximate surface area is 727 Å². The van der Waals surface area contributed by atoms with E-state index < -0.39 is 42.2 Å². The van der Waals surface area contributed by atoms with Crippen LogP contribution in [-0.2, 0) is 106 Å². The maximum absolute atomic E-state index is 13.6. The molecule has 530 valence electrons. The zero-order valence-electron chi connectivity index (χ0n) is 61.9. The van der Waals surface area contributed by atoms with Crippen molar-refractivity contribution >= 4 is 116 Å². The van der Waals surface area contributed by atoms with Crippen molar-refractivity contribution in [2.75, 3.05) is 83.2 Å². The van der Waals surface area contributed by atoms with E-state index in [1.54, 1.807) is 51.5 Å². The standard InChI is InChI=1S/2C23H28N2O4Si.C13H20N2O2Si.C10H10Br2O2.CH3F.CH2O3.2Cs.H/c2*1-28-21(26)16-7-8-17-13-23(14-18(17)12-16)19-6-5-9-24-20(19)25(22(23)27)15-29-10-11-30(2,3)4;1-18(2,3)8-7-17-10-15-12(16)9-11-5-4-6-14-13(11)15;1-14-10(13)7-2-3-8(5-11)9(4-7)6-12;1-2;2-1-4-3;;;/h2*5-9,12H,10-11,13-15H2,1-4H3;4-6H,7-10H2,1-3H3;2-4H,5-6H2,1H3;1H3;1,3H;;;/q;;;;;;2*+1;-1/p-1/t2*23-;;;;;;;/m10......./s1/i;;;;1D;;;;. The number of rotatable bonds is 21. The topological polar surface area (TPSA) is 256 Å². The third-order valence-electron chi connectivity index (χ3n) is 17.0. The molecule has 3 aromatic heterocycles. The van der Waals surface area contributed by atoms with Crippen LogP contribution in [0.1, 0.15) is 83.9 Å². The van der Waals surface area contributed by atoms with Gasteiger partial charge in [0.2, 0.25) is 17.7 Å². The summed E-state index contributed by atoms with van der Waals surface area (Å²) in [4.78, 5) is 104. The predicted octanol–water partition coefficient (Wildman–Crippen LogP) is 5.81. The Hall–Kier alpha value is -3.12. The van der Waals surface area contributed by atoms with Gasteiger partial charge < -0.3 is 40.0 Å². The minimum Gasteiger partial charge on any atom is -1.00 e. The number of carbonyl (C=O) groups is 7. The molecule has 6 heterocycles. The van der Waals surface area contributed by atoms with Crippen LogP contribution in [0.25, 0.3) is 0 Å². The number of pyridine rings is 3. The third-order valence-corrected chi connectivity index (χ3v) is 23.3. The maximum Gasteiger partial charge on any atom is 1.00 e. The average molecular weight is 1800 g/mol. The summed E-state index contributed by atoms with van der Waals surface area (Å²) in [6, 6.07) is 31.4. The fraction of sp³-hybridized carbons (Fsp3) is 0.437. The number of benzene rings is 3. The molecule has 29 heteroatoms. The van der Waals surface area contributed by atoms with Gasteiger partial charge in [-0.05, 0) is 132 Å². The number of amides is 3. The van der Waals surface area contributed by atoms with Crippen molar-refractivity contribution in [3.63, 3.8) is 0 Å². The molecule has 2 atom stereocenters. The van der Waals surface area contributed by atoms with Crippen molar-refractivity contribution in [2.24, 2.45) is 0 Å². The fourth-order valence-electron chi connectivity index (χ4n) is 11.7. The number of carbonyl (C=O) groups excluding carboxylic acids is 7. The van der Waals surface area contributed by atoms with E-state index in [9.17, 15) is 33.2 Å². The molecule has 0 N–H and O–H groups in total. The number of methoxy groups -OCH3 is 3. The van der Waals surface area contributed by atoms with Crippen LogP contribution in [0.2, 0.25) is 77.1 Å². The molecule has 5 aliphatic rings. The molecule has 3 amide bonds. The summed E-state index contributed by atoms with van der Waals surface area (Å²) in [5.41, 5.74) is 9.63. The zero-order chi connectivity index (χ0) is 72.9. The molecule has 100 heavy (non-hydrogen) atoms. The molecule has 2 spiro atoms. The van der Waals surface area contributed by atoms with Gasteiger partial charge in [-0.15, -0.1) is 0 Å². The van der Waals surface area contributed by atoms with Gasteiger partial charge in [-0.2, -0.15) is 0 Å². The number of nitrogens with zero attached hydrogens (tertiary/aromatic N) is 6. The van der Waals surface area contributed by atoms with Crippen molar-refractivity contribution in [3.8, 4) is 0 Å². The van der Waals surface area contributed by atoms with E-state index in [-0.39, 0.29) is 195 Å². The zero-order valence-corrected chi connectivity index (χ0v) is 78.7. The fourth-order valence-corrected chi connectivity index (χ4v) is 15.1. The van der Waals surface area contributed by atoms with Crippen LogP contribution >= 0.6 is 31.9 Å². The van der Waals surface area contributed by atoms with Crippen LogP contribution in [0, 0.1) is 0 Å². The molecule has 0 fully saturated rings. The number of hydrogen-bond donors (Lipinski definition) is 0. The number of anilines is 3. The SMILES string of the molecule is COC(=O)c1ccc(CBr)c(CBr)c1.COC(=O)c1ccc2c(c1)C[C@@]1(C2)C(=O)N(COCC[Si](C)(C)C)c2ncccc21.COC(=O)c1ccc2c(c1)C[C@]1(C2)C(=O)N(COCC[Si](C)(C)C)c2ncccc21.C[Si](C)(C)CCOCN1C(=O)Cc2cccnc21.O=CO[O-].[2H]CF.[Cs+].[Cs+].[H-]. The molecule has 0 unspecified atom stereocenters. The van der Waals surface area contributed by atoms with Crippen molar-refractivity contribution in [2.45, 2.75) is 131 Å². The first-order chi connectivity index (χ1) is 47.0. The molecule has 3 aliphatic heterocycles. The van der Waals surface area contributed by atoms with Crippen LogP contribution < -0.4 is 158 Å². The minimum atomic E-state index is -1.20. The van der Waals surface area contributed by atoms with E-state index in [0.717, 1.165) is 85.7 Å². The Morgan fingerprint density at radius 3 is 1.27 bits per heavy atom. The molecule has 21 nitrogen and oxygen atoms in total. The second kappa shape index (κ2) is 41.7. The third kappa shape index (κ3) is 23.7. The maximum atomic E-state index is 13.6. The monoisotopic (exact) mass is 1800 g/mol. The van der Waals surface area contributed by atoms with Gasteiger partial charge in [0.15, 0.2) is 0 Å². The number of aromatic nitrogens is 3. The van der Waals surface area contributed by atoms with Crippen LogP contribution in [0.3, 0.4) is 0 Å². The molecule has 0 saturated carbocycles. The summed E-state index contributed by atoms with van der Waals surface area (Å²) in [7, 11) is -0.330. The molecule has 2 aliphatic carbocycles. The van der Waals surface area contributed by atoms with Gasteiger partial charge in [-0.1, -0.05) is 127 Å². The number of alkyl halides is 3. The average Bonchev–Trinajstić information content (AvgIpc) is 1.56. The van der Waals surface area contributed by atoms with E-state index in [1.165, 1.54) is 26.9 Å². The smallest absolute Gasteiger partial charge is 1.00 e. The molecular formula is C71H91Br2Cs2FN6O15Si3. The van der Waals surface area contributed by atoms with Gasteiger partial charge in [-0.25, -0.2) is 29.3 Å². The number of fused-ring (bicyclic) bond motifs is 7. The van der Waals surface area contributed by atoms with Gasteiger partial charge in [-0.3, -0.25) is 38.3 Å². The number of esters is 3. The van der Waals surface area contributed by atoms with E-state index in [4.69, 9.17) is 35.1 Å². The normalized spacial score (nSPS) is 16.4. The molecular weight excluding hydrogens is 1710 g/mol. The Kier molecular flexibility index (Phi) is 36.5. The van der Waals surface area contributed by atoms with Crippen LogP contribution in [0.5, 0.6) is 0 Å². The van der Waals surface area contributed by atoms with E-state index in [1.807, 2.05) is 72.8 Å². The Morgan fingerprint density at radius 1 is 0.550 bits per heavy atom. The summed E-state index contributed by atoms with van der Waals surface area (Å²) < 4.78 is 47.3. The Balaban J connectivity index is 0.000000352. The first-order valence-electron chi connectivity index (χ1n) is 32.6. The van der Waals surface area contributed by atoms with E-state index in [0.29, 0.717) is 80.4 Å². The quantitative estimate of drug-likeness (QED) is 0.0120. The van der Waals surface area contributed by atoms with Crippen molar-refractivity contribution in [3.05, 3.63) is 176 Å². The molecule has 6 aromatic rings. The summed E-state index contributed by atoms with van der Waals surface area (Å²) in [5.74, 6) is 1.25. The second-order valence-corrected chi connectivity index (χ2v) is 45.5. The minimum absolute atomic E-state index is 0. The van der Waals surface area contributed by atoms with Crippen LogP contribution in [0.4, 0.5) is 21.8 Å². The summed E-state index contributed by atoms with van der Waals surface area (Å²) in [6.07, 6.45) is 7.91. The first kappa shape index (κ1) is 87.5. The largest absolute Gasteiger partial charge is 1.00 e. The Morgan fingerprint density at radius 2 is 0.900 bits per heavy atom. The summed E-state index contributed by atoms with van der Waals surface area (Å²) in [6.45, 7) is 23.4. The number of hydrogen-bond acceptors (Lipinski definition) is 18. The van der Waals surface area contributed by atoms with Crippen LogP contribution in [-0.4, -0.2) is 150 Å². The van der Waals surface area contributed by atoms with Crippen LogP contribution in [0.15, 0.2) is 110 Å². The van der Waals surface area contributed by atoms with Crippen molar-refractivity contribution in [1.82, 2.24) is 15.0 Å². The van der Waals surface area contributed by atoms with E-state index >= 15 is 0 Å². The van der Waals surface area contributed by atoms with E-state index in [2.05, 4.69) is 115 Å². The number of ether oxygens (including phenoxy) is 6. The van der Waals surface area contributed by atoms with Gasteiger partial charge in [0.05, 0.1) is 63.8 Å². The van der Waals surface area contributed by atoms with Gasteiger partial charge in [0.1, 0.15) is 37.6 Å². The summed E-state index contributed by atoms with van der Waals surface area (Å²) >= 11 is 6.77. The molecule has 0 radical (unpaired) electrons. The van der Waals surface area contributed by atoms with Gasteiger partial charge in [0, 0.05) is 90.0 Å². The van der Waals surface area contributed by atoms with Crippen molar-refractivity contribution in [1.29, 1.82) is 0 Å². The molecule has 0 bridgehead atoms. The molecule has 3 aromatic carbocycles. The predicted molar refractivity (Wildman–Crippen MR) is 388 cm³/mol. The van der Waals surface area contributed by atoms with Gasteiger partial charge >= 0.3 is 156 Å². The molecule has 11 rings (SSSR count). The number of halogens is 3. The van der Waals surface area contributed by atoms with Crippen molar-refractivity contribution < 1.29 is 217 Å². The Bertz CT molecular complexity index is 3660. The summed E-state index contributed by atoms with van der Waals surface area (Å²) in [5, 5.41) is 9.95.